The molecule has 1 N–H and O–H groups in total. The van der Waals surface area contributed by atoms with Crippen LogP contribution in [-0.4, -0.2) is 44.7 Å². The quantitative estimate of drug-likeness (QED) is 0.564. The Morgan fingerprint density at radius 2 is 1.88 bits per heavy atom. The number of methoxy groups -OCH3 is 2. The summed E-state index contributed by atoms with van der Waals surface area (Å²) in [4.78, 5) is 15.0. The summed E-state index contributed by atoms with van der Waals surface area (Å²) in [5, 5.41) is 3.02. The van der Waals surface area contributed by atoms with Crippen LogP contribution in [0.15, 0.2) is 34.9 Å². The summed E-state index contributed by atoms with van der Waals surface area (Å²) >= 11 is 2.13. The summed E-state index contributed by atoms with van der Waals surface area (Å²) in [5.74, 6) is 1.82. The minimum absolute atomic E-state index is 0.0123. The van der Waals surface area contributed by atoms with Crippen molar-refractivity contribution in [3.05, 3.63) is 45.4 Å². The maximum Gasteiger partial charge on any atom is 0.252 e. The Balaban J connectivity index is 2.18. The molecule has 0 aliphatic carbocycles. The van der Waals surface area contributed by atoms with Crippen LogP contribution in [0.2, 0.25) is 0 Å². The molecule has 2 aromatic rings. The van der Waals surface area contributed by atoms with E-state index in [9.17, 15) is 4.79 Å². The largest absolute Gasteiger partial charge is 0.493 e. The first kappa shape index (κ1) is 20.6. The second-order valence-corrected chi connectivity index (χ2v) is 6.81. The number of hydrogen-bond acceptors (Lipinski definition) is 5. The molecule has 7 heteroatoms. The number of nitrogens with one attached hydrogen (secondary N) is 1. The van der Waals surface area contributed by atoms with Crippen molar-refractivity contribution in [2.45, 2.75) is 19.9 Å². The van der Waals surface area contributed by atoms with Gasteiger partial charge in [0.25, 0.3) is 5.91 Å². The van der Waals surface area contributed by atoms with Crippen molar-refractivity contribution in [1.29, 1.82) is 0 Å². The van der Waals surface area contributed by atoms with E-state index < -0.39 is 0 Å². The number of furan rings is 1. The number of ether oxygens (including phenoxy) is 2. The summed E-state index contributed by atoms with van der Waals surface area (Å²) in [5.41, 5.74) is 0.556. The predicted octanol–water partition coefficient (Wildman–Crippen LogP) is 3.71. The zero-order valence-electron chi connectivity index (χ0n) is 15.5. The molecule has 1 heterocycles. The van der Waals surface area contributed by atoms with Crippen molar-refractivity contribution >= 4 is 28.5 Å². The number of hydrogen-bond donors (Lipinski definition) is 1. The Labute approximate surface area is 168 Å². The maximum absolute atomic E-state index is 12.7. The Morgan fingerprint density at radius 3 is 2.42 bits per heavy atom. The summed E-state index contributed by atoms with van der Waals surface area (Å²) < 4.78 is 17.0. The molecule has 0 saturated heterocycles. The predicted molar refractivity (Wildman–Crippen MR) is 109 cm³/mol. The van der Waals surface area contributed by atoms with E-state index in [0.29, 0.717) is 23.6 Å². The molecule has 1 unspecified atom stereocenters. The molecular formula is C19H25IN2O4. The molecule has 2 rings (SSSR count). The van der Waals surface area contributed by atoms with E-state index in [2.05, 4.69) is 46.7 Å². The van der Waals surface area contributed by atoms with Crippen LogP contribution >= 0.6 is 22.6 Å². The zero-order chi connectivity index (χ0) is 19.1. The lowest BCUT2D eigenvalue weighted by Crippen LogP contribution is -2.38. The number of carbonyl (C=O) groups excluding carboxylic acids is 1. The lowest BCUT2D eigenvalue weighted by atomic mass is 10.1. The fraction of sp³-hybridized carbons (Fsp3) is 0.421. The number of benzene rings is 1. The van der Waals surface area contributed by atoms with Crippen LogP contribution in [0, 0.1) is 3.57 Å². The van der Waals surface area contributed by atoms with Gasteiger partial charge in [0.1, 0.15) is 5.76 Å². The second kappa shape index (κ2) is 9.82. The van der Waals surface area contributed by atoms with Crippen molar-refractivity contribution in [3.8, 4) is 11.5 Å². The first-order chi connectivity index (χ1) is 12.5. The molecule has 142 valence electrons. The first-order valence-electron chi connectivity index (χ1n) is 8.52. The van der Waals surface area contributed by atoms with Crippen molar-refractivity contribution in [1.82, 2.24) is 10.2 Å². The van der Waals surface area contributed by atoms with Crippen LogP contribution in [0.5, 0.6) is 11.5 Å². The molecule has 0 radical (unpaired) electrons. The molecule has 0 aliphatic heterocycles. The Morgan fingerprint density at radius 1 is 1.23 bits per heavy atom. The van der Waals surface area contributed by atoms with E-state index in [0.717, 1.165) is 22.4 Å². The summed E-state index contributed by atoms with van der Waals surface area (Å²) in [6, 6.07) is 7.29. The third kappa shape index (κ3) is 4.70. The van der Waals surface area contributed by atoms with Crippen LogP contribution in [0.25, 0.3) is 0 Å². The molecule has 26 heavy (non-hydrogen) atoms. The standard InChI is InChI=1S/C19H25IN2O4/c1-5-22(6-2)15(16-8-7-9-26-16)12-21-19(23)13-10-17(24-3)18(25-4)11-14(13)20/h7-11,15H,5-6,12H2,1-4H3,(H,21,23). The summed E-state index contributed by atoms with van der Waals surface area (Å²) in [6.07, 6.45) is 1.66. The molecular weight excluding hydrogens is 447 g/mol. The molecule has 1 amide bonds. The van der Waals surface area contributed by atoms with E-state index in [1.54, 1.807) is 32.6 Å². The van der Waals surface area contributed by atoms with Gasteiger partial charge in [-0.15, -0.1) is 0 Å². The third-order valence-corrected chi connectivity index (χ3v) is 5.19. The van der Waals surface area contributed by atoms with Gasteiger partial charge in [0.15, 0.2) is 11.5 Å². The number of amides is 1. The monoisotopic (exact) mass is 472 g/mol. The third-order valence-electron chi connectivity index (χ3n) is 4.30. The summed E-state index contributed by atoms with van der Waals surface area (Å²) in [7, 11) is 3.13. The number of halogens is 1. The van der Waals surface area contributed by atoms with Crippen LogP contribution in [0.3, 0.4) is 0 Å². The van der Waals surface area contributed by atoms with Gasteiger partial charge in [-0.05, 0) is 59.9 Å². The number of carbonyl (C=O) groups is 1. The average Bonchev–Trinajstić information content (AvgIpc) is 3.18. The lowest BCUT2D eigenvalue weighted by Gasteiger charge is -2.28. The molecule has 0 aliphatic rings. The van der Waals surface area contributed by atoms with Crippen LogP contribution < -0.4 is 14.8 Å². The van der Waals surface area contributed by atoms with Gasteiger partial charge in [-0.25, -0.2) is 0 Å². The van der Waals surface area contributed by atoms with Gasteiger partial charge >= 0.3 is 0 Å². The fourth-order valence-electron chi connectivity index (χ4n) is 2.87. The Bertz CT molecular complexity index is 715. The molecule has 0 spiro atoms. The smallest absolute Gasteiger partial charge is 0.252 e. The highest BCUT2D eigenvalue weighted by Gasteiger charge is 2.22. The zero-order valence-corrected chi connectivity index (χ0v) is 17.7. The highest BCUT2D eigenvalue weighted by Crippen LogP contribution is 2.31. The molecule has 6 nitrogen and oxygen atoms in total. The molecule has 0 bridgehead atoms. The van der Waals surface area contributed by atoms with Crippen molar-refractivity contribution < 1.29 is 18.7 Å². The van der Waals surface area contributed by atoms with E-state index in [-0.39, 0.29) is 11.9 Å². The van der Waals surface area contributed by atoms with Crippen molar-refractivity contribution in [2.75, 3.05) is 33.9 Å². The van der Waals surface area contributed by atoms with Gasteiger partial charge in [0, 0.05) is 10.1 Å². The maximum atomic E-state index is 12.7. The topological polar surface area (TPSA) is 63.9 Å². The van der Waals surface area contributed by atoms with Crippen LogP contribution in [-0.2, 0) is 0 Å². The van der Waals surface area contributed by atoms with E-state index in [4.69, 9.17) is 13.9 Å². The minimum Gasteiger partial charge on any atom is -0.493 e. The Hall–Kier alpha value is -1.74. The van der Waals surface area contributed by atoms with Gasteiger partial charge in [-0.3, -0.25) is 9.69 Å². The lowest BCUT2D eigenvalue weighted by molar-refractivity contribution is 0.0928. The fourth-order valence-corrected chi connectivity index (χ4v) is 3.55. The Kier molecular flexibility index (Phi) is 7.77. The highest BCUT2D eigenvalue weighted by atomic mass is 127. The molecule has 0 fully saturated rings. The van der Waals surface area contributed by atoms with Crippen molar-refractivity contribution in [2.24, 2.45) is 0 Å². The van der Waals surface area contributed by atoms with E-state index in [1.807, 2.05) is 12.1 Å². The second-order valence-electron chi connectivity index (χ2n) is 5.65. The van der Waals surface area contributed by atoms with Gasteiger partial charge < -0.3 is 19.2 Å². The van der Waals surface area contributed by atoms with E-state index >= 15 is 0 Å². The van der Waals surface area contributed by atoms with Crippen LogP contribution in [0.1, 0.15) is 36.0 Å². The number of likely N-dealkylation sites (N-methyl/N-ethyl adjacent to an activating group) is 1. The average molecular weight is 472 g/mol. The van der Waals surface area contributed by atoms with Crippen LogP contribution in [0.4, 0.5) is 0 Å². The highest BCUT2D eigenvalue weighted by molar-refractivity contribution is 14.1. The summed E-state index contributed by atoms with van der Waals surface area (Å²) in [6.45, 7) is 6.38. The van der Waals surface area contributed by atoms with E-state index in [1.165, 1.54) is 0 Å². The van der Waals surface area contributed by atoms with Gasteiger partial charge in [-0.2, -0.15) is 0 Å². The minimum atomic E-state index is -0.154. The normalized spacial score (nSPS) is 12.1. The molecule has 1 atom stereocenters. The number of nitrogens with zero attached hydrogens (tertiary/aromatic N) is 1. The molecule has 1 aromatic carbocycles. The SMILES string of the molecule is CCN(CC)C(CNC(=O)c1cc(OC)c(OC)cc1I)c1ccco1. The molecule has 0 saturated carbocycles. The first-order valence-corrected chi connectivity index (χ1v) is 9.60. The van der Waals surface area contributed by atoms with Gasteiger partial charge in [0.2, 0.25) is 0 Å². The molecule has 1 aromatic heterocycles. The van der Waals surface area contributed by atoms with Gasteiger partial charge in [-0.1, -0.05) is 13.8 Å². The van der Waals surface area contributed by atoms with Gasteiger partial charge in [0.05, 0.1) is 32.1 Å². The number of rotatable bonds is 9. The van der Waals surface area contributed by atoms with Crippen molar-refractivity contribution in [3.63, 3.8) is 0 Å².